The fourth-order valence-electron chi connectivity index (χ4n) is 3.26. The van der Waals surface area contributed by atoms with Crippen LogP contribution in [0.4, 0.5) is 11.4 Å². The van der Waals surface area contributed by atoms with Gasteiger partial charge in [-0.3, -0.25) is 34.2 Å². The lowest BCUT2D eigenvalue weighted by Gasteiger charge is -2.14. The van der Waals surface area contributed by atoms with Crippen LogP contribution >= 0.6 is 11.6 Å². The topological polar surface area (TPSA) is 173 Å². The van der Waals surface area contributed by atoms with E-state index in [0.29, 0.717) is 4.90 Å². The highest BCUT2D eigenvalue weighted by molar-refractivity contribution is 7.89. The van der Waals surface area contributed by atoms with E-state index in [9.17, 15) is 37.7 Å². The first-order valence-corrected chi connectivity index (χ1v) is 12.0. The van der Waals surface area contributed by atoms with Crippen molar-refractivity contribution < 1.29 is 37.3 Å². The Hall–Kier alpha value is -3.88. The standard InChI is InChI=1S/C21H19ClN4O9S/c1-24(2)36(33,34)16-10-12(6-7-14(16)22)23-17(27)11-35-18(28)8-9-25-20(29)13-4-3-5-15(26(31)32)19(13)21(25)30/h3-7,10H,8-9,11H2,1-2H3,(H,23,27). The molecule has 190 valence electrons. The van der Waals surface area contributed by atoms with E-state index in [1.165, 1.54) is 38.4 Å². The summed E-state index contributed by atoms with van der Waals surface area (Å²) in [6, 6.07) is 7.44. The summed E-state index contributed by atoms with van der Waals surface area (Å²) in [5.41, 5.74) is -0.913. The molecule has 3 rings (SSSR count). The summed E-state index contributed by atoms with van der Waals surface area (Å²) in [6.45, 7) is -1.14. The molecule has 1 N–H and O–H groups in total. The summed E-state index contributed by atoms with van der Waals surface area (Å²) in [6.07, 6.45) is -0.460. The molecule has 0 bridgehead atoms. The van der Waals surface area contributed by atoms with Crippen molar-refractivity contribution in [2.24, 2.45) is 0 Å². The predicted octanol–water partition coefficient (Wildman–Crippen LogP) is 1.67. The zero-order valence-electron chi connectivity index (χ0n) is 18.9. The Morgan fingerprint density at radius 2 is 1.86 bits per heavy atom. The molecule has 0 radical (unpaired) electrons. The molecule has 0 saturated carbocycles. The molecule has 1 aliphatic rings. The molecule has 0 aliphatic carbocycles. The Morgan fingerprint density at radius 1 is 1.17 bits per heavy atom. The van der Waals surface area contributed by atoms with E-state index < -0.39 is 63.9 Å². The number of nitro groups is 1. The molecule has 36 heavy (non-hydrogen) atoms. The number of anilines is 1. The maximum absolute atomic E-state index is 12.5. The Kier molecular flexibility index (Phi) is 7.71. The zero-order chi connectivity index (χ0) is 26.8. The fraction of sp³-hybridized carbons (Fsp3) is 0.238. The number of ether oxygens (including phenoxy) is 1. The lowest BCUT2D eigenvalue weighted by atomic mass is 10.1. The van der Waals surface area contributed by atoms with Gasteiger partial charge in [0.15, 0.2) is 6.61 Å². The minimum Gasteiger partial charge on any atom is -0.456 e. The maximum atomic E-state index is 12.5. The van der Waals surface area contributed by atoms with Crippen LogP contribution in [0.3, 0.4) is 0 Å². The van der Waals surface area contributed by atoms with Gasteiger partial charge in [-0.15, -0.1) is 0 Å². The van der Waals surface area contributed by atoms with E-state index in [1.54, 1.807) is 0 Å². The molecule has 0 aromatic heterocycles. The van der Waals surface area contributed by atoms with Crippen molar-refractivity contribution in [3.63, 3.8) is 0 Å². The van der Waals surface area contributed by atoms with E-state index in [1.807, 2.05) is 0 Å². The van der Waals surface area contributed by atoms with E-state index in [-0.39, 0.29) is 26.7 Å². The second-order valence-electron chi connectivity index (χ2n) is 7.61. The number of esters is 1. The van der Waals surface area contributed by atoms with Crippen LogP contribution in [0.25, 0.3) is 0 Å². The lowest BCUT2D eigenvalue weighted by molar-refractivity contribution is -0.385. The summed E-state index contributed by atoms with van der Waals surface area (Å²) in [4.78, 5) is 60.0. The number of nitrogens with zero attached hydrogens (tertiary/aromatic N) is 3. The van der Waals surface area contributed by atoms with Gasteiger partial charge in [0.05, 0.1) is 21.9 Å². The number of fused-ring (bicyclic) bond motifs is 1. The van der Waals surface area contributed by atoms with Crippen LogP contribution in [0.1, 0.15) is 27.1 Å². The number of rotatable bonds is 9. The molecule has 13 nitrogen and oxygen atoms in total. The van der Waals surface area contributed by atoms with Crippen LogP contribution in [-0.4, -0.2) is 73.5 Å². The molecule has 0 atom stereocenters. The van der Waals surface area contributed by atoms with Gasteiger partial charge in [0.2, 0.25) is 10.0 Å². The summed E-state index contributed by atoms with van der Waals surface area (Å²) in [7, 11) is -1.24. The molecule has 15 heteroatoms. The molecular weight excluding hydrogens is 520 g/mol. The first-order valence-electron chi connectivity index (χ1n) is 10.2. The highest BCUT2D eigenvalue weighted by Gasteiger charge is 2.40. The number of carbonyl (C=O) groups is 4. The van der Waals surface area contributed by atoms with Crippen LogP contribution in [0.2, 0.25) is 5.02 Å². The van der Waals surface area contributed by atoms with Crippen molar-refractivity contribution in [3.05, 3.63) is 62.7 Å². The van der Waals surface area contributed by atoms with Crippen LogP contribution in [0.5, 0.6) is 0 Å². The molecule has 0 spiro atoms. The lowest BCUT2D eigenvalue weighted by Crippen LogP contribution is -2.32. The number of nitrogens with one attached hydrogen (secondary N) is 1. The monoisotopic (exact) mass is 538 g/mol. The highest BCUT2D eigenvalue weighted by atomic mass is 35.5. The summed E-state index contributed by atoms with van der Waals surface area (Å²) >= 11 is 5.95. The number of hydrogen-bond acceptors (Lipinski definition) is 9. The largest absolute Gasteiger partial charge is 0.456 e. The number of hydrogen-bond donors (Lipinski definition) is 1. The molecule has 3 amide bonds. The number of halogens is 1. The number of benzene rings is 2. The van der Waals surface area contributed by atoms with Crippen LogP contribution < -0.4 is 5.32 Å². The minimum absolute atomic E-state index is 0.0494. The fourth-order valence-corrected chi connectivity index (χ4v) is 4.66. The Labute approximate surface area is 209 Å². The van der Waals surface area contributed by atoms with Crippen LogP contribution in [-0.2, 0) is 24.3 Å². The summed E-state index contributed by atoms with van der Waals surface area (Å²) in [5, 5.41) is 13.5. The second kappa shape index (κ2) is 10.4. The van der Waals surface area contributed by atoms with Gasteiger partial charge >= 0.3 is 5.97 Å². The molecule has 2 aromatic rings. The third-order valence-corrected chi connectivity index (χ3v) is 7.35. The second-order valence-corrected chi connectivity index (χ2v) is 10.1. The normalized spacial score (nSPS) is 13.1. The smallest absolute Gasteiger partial charge is 0.308 e. The summed E-state index contributed by atoms with van der Waals surface area (Å²) < 4.78 is 30.5. The SMILES string of the molecule is CN(C)S(=O)(=O)c1cc(NC(=O)COC(=O)CCN2C(=O)c3cccc([N+](=O)[O-])c3C2=O)ccc1Cl. The van der Waals surface area contributed by atoms with Gasteiger partial charge in [-0.1, -0.05) is 17.7 Å². The average Bonchev–Trinajstić information content (AvgIpc) is 3.06. The first-order chi connectivity index (χ1) is 16.8. The van der Waals surface area contributed by atoms with Gasteiger partial charge in [0, 0.05) is 32.4 Å². The van der Waals surface area contributed by atoms with Gasteiger partial charge < -0.3 is 10.1 Å². The van der Waals surface area contributed by atoms with E-state index in [0.717, 1.165) is 16.4 Å². The van der Waals surface area contributed by atoms with E-state index >= 15 is 0 Å². The third kappa shape index (κ3) is 5.35. The Morgan fingerprint density at radius 3 is 2.50 bits per heavy atom. The maximum Gasteiger partial charge on any atom is 0.308 e. The molecule has 0 unspecified atom stereocenters. The molecule has 2 aromatic carbocycles. The zero-order valence-corrected chi connectivity index (χ0v) is 20.5. The number of carbonyl (C=O) groups excluding carboxylic acids is 4. The molecule has 1 heterocycles. The number of amides is 3. The van der Waals surface area contributed by atoms with Crippen molar-refractivity contribution in [3.8, 4) is 0 Å². The van der Waals surface area contributed by atoms with Crippen molar-refractivity contribution in [2.45, 2.75) is 11.3 Å². The van der Waals surface area contributed by atoms with Crippen molar-refractivity contribution in [2.75, 3.05) is 32.6 Å². The van der Waals surface area contributed by atoms with Crippen molar-refractivity contribution in [1.29, 1.82) is 0 Å². The predicted molar refractivity (Wildman–Crippen MR) is 125 cm³/mol. The number of imide groups is 1. The molecule has 0 fully saturated rings. The Bertz CT molecular complexity index is 1390. The van der Waals surface area contributed by atoms with Gasteiger partial charge in [-0.25, -0.2) is 12.7 Å². The van der Waals surface area contributed by atoms with Gasteiger partial charge in [-0.05, 0) is 24.3 Å². The van der Waals surface area contributed by atoms with E-state index in [2.05, 4.69) is 5.32 Å². The first kappa shape index (κ1) is 26.7. The van der Waals surface area contributed by atoms with Gasteiger partial charge in [-0.2, -0.15) is 0 Å². The van der Waals surface area contributed by atoms with Crippen molar-refractivity contribution >= 4 is 56.7 Å². The molecule has 0 saturated heterocycles. The highest BCUT2D eigenvalue weighted by Crippen LogP contribution is 2.31. The molecule has 1 aliphatic heterocycles. The van der Waals surface area contributed by atoms with Gasteiger partial charge in [0.25, 0.3) is 23.4 Å². The van der Waals surface area contributed by atoms with Crippen LogP contribution in [0, 0.1) is 10.1 Å². The third-order valence-electron chi connectivity index (χ3n) is 5.05. The van der Waals surface area contributed by atoms with Gasteiger partial charge in [0.1, 0.15) is 10.5 Å². The van der Waals surface area contributed by atoms with Crippen LogP contribution in [0.15, 0.2) is 41.3 Å². The van der Waals surface area contributed by atoms with Crippen molar-refractivity contribution in [1.82, 2.24) is 9.21 Å². The average molecular weight is 539 g/mol. The quantitative estimate of drug-likeness (QED) is 0.215. The Balaban J connectivity index is 1.56. The number of sulfonamides is 1. The number of nitro benzene ring substituents is 1. The minimum atomic E-state index is -3.88. The molecular formula is C21H19ClN4O9S. The summed E-state index contributed by atoms with van der Waals surface area (Å²) in [5.74, 6) is -3.38. The van der Waals surface area contributed by atoms with E-state index in [4.69, 9.17) is 16.3 Å².